The lowest BCUT2D eigenvalue weighted by atomic mass is 9.33. The molecule has 7 rings (SSSR count). The topological polar surface area (TPSA) is 62.2 Å². The molecule has 4 saturated carbocycles. The van der Waals surface area contributed by atoms with Gasteiger partial charge in [-0.05, 0) is 108 Å². The van der Waals surface area contributed by atoms with E-state index in [1.54, 1.807) is 5.57 Å². The molecule has 47 heavy (non-hydrogen) atoms. The number of aliphatic hydroxyl groups is 2. The molecule has 0 bridgehead atoms. The zero-order chi connectivity index (χ0) is 33.5. The second kappa shape index (κ2) is 11.9. The van der Waals surface area contributed by atoms with Crippen molar-refractivity contribution in [1.29, 1.82) is 0 Å². The van der Waals surface area contributed by atoms with E-state index in [0.29, 0.717) is 24.4 Å². The number of ether oxygens (including phenoxy) is 2. The summed E-state index contributed by atoms with van der Waals surface area (Å²) in [6.45, 7) is 23.0. The van der Waals surface area contributed by atoms with Gasteiger partial charge in [-0.3, -0.25) is 4.90 Å². The molecule has 1 aliphatic heterocycles. The van der Waals surface area contributed by atoms with Crippen LogP contribution in [0, 0.1) is 50.2 Å². The molecule has 0 spiro atoms. The third-order valence-corrected chi connectivity index (χ3v) is 16.2. The summed E-state index contributed by atoms with van der Waals surface area (Å²) >= 11 is 0. The largest absolute Gasteiger partial charge is 0.396 e. The third-order valence-electron chi connectivity index (χ3n) is 16.2. The van der Waals surface area contributed by atoms with E-state index in [2.05, 4.69) is 83.7 Å². The zero-order valence-corrected chi connectivity index (χ0v) is 30.7. The molecule has 2 unspecified atom stereocenters. The minimum absolute atomic E-state index is 0.0890. The van der Waals surface area contributed by atoms with Crippen LogP contribution in [0.1, 0.15) is 117 Å². The van der Waals surface area contributed by atoms with Crippen LogP contribution in [-0.2, 0) is 22.6 Å². The van der Waals surface area contributed by atoms with Crippen molar-refractivity contribution >= 4 is 0 Å². The molecule has 5 nitrogen and oxygen atoms in total. The summed E-state index contributed by atoms with van der Waals surface area (Å²) < 4.78 is 12.6. The van der Waals surface area contributed by atoms with Gasteiger partial charge in [0.25, 0.3) is 0 Å². The Labute approximate surface area is 285 Å². The third kappa shape index (κ3) is 5.34. The highest BCUT2D eigenvalue weighted by Gasteiger charge is 2.69. The van der Waals surface area contributed by atoms with Gasteiger partial charge in [0.15, 0.2) is 0 Å². The number of benzene rings is 1. The summed E-state index contributed by atoms with van der Waals surface area (Å²) in [6.07, 6.45) is 12.8. The summed E-state index contributed by atoms with van der Waals surface area (Å²) in [5, 5.41) is 21.7. The molecule has 5 heteroatoms. The van der Waals surface area contributed by atoms with E-state index >= 15 is 0 Å². The smallest absolute Gasteiger partial charge is 0.0720 e. The zero-order valence-electron chi connectivity index (χ0n) is 30.7. The Bertz CT molecular complexity index is 1330. The van der Waals surface area contributed by atoms with E-state index in [0.717, 1.165) is 65.0 Å². The summed E-state index contributed by atoms with van der Waals surface area (Å²) in [5.74, 6) is 1.50. The van der Waals surface area contributed by atoms with Crippen molar-refractivity contribution in [3.8, 4) is 0 Å². The van der Waals surface area contributed by atoms with Gasteiger partial charge in [-0.15, -0.1) is 0 Å². The molecule has 5 aliphatic carbocycles. The summed E-state index contributed by atoms with van der Waals surface area (Å²) in [6, 6.07) is 9.17. The van der Waals surface area contributed by atoms with E-state index in [1.165, 1.54) is 36.8 Å². The fourth-order valence-electron chi connectivity index (χ4n) is 12.9. The predicted octanol–water partition coefficient (Wildman–Crippen LogP) is 8.17. The van der Waals surface area contributed by atoms with Crippen LogP contribution in [0.2, 0.25) is 0 Å². The van der Waals surface area contributed by atoms with Gasteiger partial charge in [0.2, 0.25) is 0 Å². The lowest BCUT2D eigenvalue weighted by molar-refractivity contribution is -0.220. The Balaban J connectivity index is 1.12. The molecule has 1 aromatic rings. The fourth-order valence-corrected chi connectivity index (χ4v) is 12.9. The first-order chi connectivity index (χ1) is 22.2. The normalized spacial score (nSPS) is 46.4. The van der Waals surface area contributed by atoms with Crippen molar-refractivity contribution in [1.82, 2.24) is 4.90 Å². The summed E-state index contributed by atoms with van der Waals surface area (Å²) in [7, 11) is 0. The average molecular weight is 648 g/mol. The van der Waals surface area contributed by atoms with Gasteiger partial charge < -0.3 is 19.7 Å². The quantitative estimate of drug-likeness (QED) is 0.305. The Morgan fingerprint density at radius 1 is 0.830 bits per heavy atom. The minimum atomic E-state index is -0.398. The maximum atomic E-state index is 11.1. The van der Waals surface area contributed by atoms with E-state index in [9.17, 15) is 10.2 Å². The van der Waals surface area contributed by atoms with Gasteiger partial charge in [-0.2, -0.15) is 0 Å². The predicted molar refractivity (Wildman–Crippen MR) is 189 cm³/mol. The number of fused-ring (bicyclic) bond motifs is 7. The van der Waals surface area contributed by atoms with Crippen LogP contribution in [0.5, 0.6) is 0 Å². The van der Waals surface area contributed by atoms with Crippen molar-refractivity contribution in [2.24, 2.45) is 50.2 Å². The minimum Gasteiger partial charge on any atom is -0.396 e. The first-order valence-electron chi connectivity index (χ1n) is 19.2. The van der Waals surface area contributed by atoms with Crippen LogP contribution in [0.25, 0.3) is 0 Å². The molecule has 262 valence electrons. The SMILES string of the molecule is CC1(C)C[C@@H](OCc2ccc(CN3CCOCC3)cc2)[C@]2(C)CC[C@]3(C)C(=CCC4[C@@]5(C)CC[C@H](O)[C@](C)(CO)C5CC[C@]43C)[C@@H]2C1. The number of allylic oxidation sites excluding steroid dienone is 2. The second-order valence-corrected chi connectivity index (χ2v) is 19.1. The number of aliphatic hydroxyl groups excluding tert-OH is 2. The molecule has 0 radical (unpaired) electrons. The molecular formula is C42H65NO4. The van der Waals surface area contributed by atoms with Gasteiger partial charge in [0.05, 0.1) is 38.6 Å². The number of rotatable bonds is 6. The maximum absolute atomic E-state index is 11.1. The molecule has 1 saturated heterocycles. The molecule has 1 aromatic carbocycles. The highest BCUT2D eigenvalue weighted by atomic mass is 16.5. The number of hydrogen-bond acceptors (Lipinski definition) is 5. The highest BCUT2D eigenvalue weighted by Crippen LogP contribution is 2.75. The number of hydrogen-bond donors (Lipinski definition) is 2. The molecule has 0 amide bonds. The highest BCUT2D eigenvalue weighted by molar-refractivity contribution is 5.34. The summed E-state index contributed by atoms with van der Waals surface area (Å²) in [4.78, 5) is 2.48. The van der Waals surface area contributed by atoms with Crippen molar-refractivity contribution in [2.45, 2.75) is 132 Å². The maximum Gasteiger partial charge on any atom is 0.0720 e. The lowest BCUT2D eigenvalue weighted by Crippen LogP contribution is -2.66. The average Bonchev–Trinajstić information content (AvgIpc) is 3.04. The standard InChI is InChI=1S/C42H65NO4/c1-37(2)24-32-31-12-13-34-39(4)16-15-35(45)40(5,28-44)33(39)14-17-42(34,7)41(31,6)19-18-38(32,3)36(25-37)47-27-30-10-8-29(9-11-30)26-43-20-22-46-23-21-43/h8-12,32-36,44-45H,13-28H2,1-7H3/t32-,33?,34?,35-,36+,38+,39-,40+,41+,42+/m0/s1. The Morgan fingerprint density at radius 3 is 2.23 bits per heavy atom. The Hall–Kier alpha value is -1.24. The Kier molecular flexibility index (Phi) is 8.69. The first-order valence-corrected chi connectivity index (χ1v) is 19.2. The number of nitrogens with zero attached hydrogens (tertiary/aromatic N) is 1. The molecule has 1 heterocycles. The number of morpholine rings is 1. The van der Waals surface area contributed by atoms with Gasteiger partial charge in [-0.1, -0.05) is 84.4 Å². The van der Waals surface area contributed by atoms with Crippen LogP contribution >= 0.6 is 0 Å². The molecule has 6 aliphatic rings. The van der Waals surface area contributed by atoms with Gasteiger partial charge in [-0.25, -0.2) is 0 Å². The van der Waals surface area contributed by atoms with Gasteiger partial charge in [0, 0.05) is 30.5 Å². The van der Waals surface area contributed by atoms with Crippen molar-refractivity contribution < 1.29 is 19.7 Å². The fraction of sp³-hybridized carbons (Fsp3) is 0.810. The van der Waals surface area contributed by atoms with Gasteiger partial charge >= 0.3 is 0 Å². The molecular weight excluding hydrogens is 582 g/mol. The second-order valence-electron chi connectivity index (χ2n) is 19.1. The molecule has 5 fully saturated rings. The first kappa shape index (κ1) is 34.2. The van der Waals surface area contributed by atoms with Crippen LogP contribution < -0.4 is 0 Å². The molecule has 0 aromatic heterocycles. The lowest BCUT2D eigenvalue weighted by Gasteiger charge is -2.71. The molecule has 10 atom stereocenters. The van der Waals surface area contributed by atoms with Crippen molar-refractivity contribution in [2.75, 3.05) is 32.9 Å². The Morgan fingerprint density at radius 2 is 1.53 bits per heavy atom. The van der Waals surface area contributed by atoms with Crippen LogP contribution in [0.15, 0.2) is 35.9 Å². The van der Waals surface area contributed by atoms with E-state index in [1.807, 2.05) is 0 Å². The van der Waals surface area contributed by atoms with Crippen LogP contribution in [0.3, 0.4) is 0 Å². The summed E-state index contributed by atoms with van der Waals surface area (Å²) in [5.41, 5.74) is 4.93. The van der Waals surface area contributed by atoms with E-state index in [4.69, 9.17) is 9.47 Å². The van der Waals surface area contributed by atoms with E-state index < -0.39 is 11.5 Å². The molecule has 2 N–H and O–H groups in total. The van der Waals surface area contributed by atoms with Crippen molar-refractivity contribution in [3.63, 3.8) is 0 Å². The van der Waals surface area contributed by atoms with Crippen LogP contribution in [-0.4, -0.2) is 60.2 Å². The van der Waals surface area contributed by atoms with Crippen molar-refractivity contribution in [3.05, 3.63) is 47.0 Å². The van der Waals surface area contributed by atoms with Gasteiger partial charge in [0.1, 0.15) is 0 Å². The van der Waals surface area contributed by atoms with E-state index in [-0.39, 0.29) is 39.8 Å². The van der Waals surface area contributed by atoms with Crippen LogP contribution in [0.4, 0.5) is 0 Å². The monoisotopic (exact) mass is 647 g/mol.